The van der Waals surface area contributed by atoms with E-state index in [2.05, 4.69) is 21.2 Å². The average molecular weight is 355 g/mol. The number of amides is 1. The highest BCUT2D eigenvalue weighted by atomic mass is 79.9. The van der Waals surface area contributed by atoms with Gasteiger partial charge in [0.25, 0.3) is 5.91 Å². The molecule has 0 bridgehead atoms. The largest absolute Gasteiger partial charge is 0.334 e. The van der Waals surface area contributed by atoms with Crippen molar-refractivity contribution in [3.05, 3.63) is 34.1 Å². The van der Waals surface area contributed by atoms with Gasteiger partial charge in [-0.25, -0.2) is 4.39 Å². The Kier molecular flexibility index (Phi) is 4.60. The molecule has 0 aromatic heterocycles. The second kappa shape index (κ2) is 6.44. The number of piperidine rings is 1. The van der Waals surface area contributed by atoms with Gasteiger partial charge >= 0.3 is 0 Å². The summed E-state index contributed by atoms with van der Waals surface area (Å²) in [6, 6.07) is 5.13. The summed E-state index contributed by atoms with van der Waals surface area (Å²) in [6.45, 7) is 1.75. The predicted octanol–water partition coefficient (Wildman–Crippen LogP) is 3.33. The van der Waals surface area contributed by atoms with Crippen LogP contribution in [-0.4, -0.2) is 36.0 Å². The normalized spacial score (nSPS) is 26.1. The fourth-order valence-electron chi connectivity index (χ4n) is 3.48. The van der Waals surface area contributed by atoms with Crippen molar-refractivity contribution in [2.45, 2.75) is 44.2 Å². The Labute approximate surface area is 133 Å². The van der Waals surface area contributed by atoms with Gasteiger partial charge in [-0.2, -0.15) is 0 Å². The quantitative estimate of drug-likeness (QED) is 0.883. The van der Waals surface area contributed by atoms with E-state index in [1.54, 1.807) is 12.1 Å². The average Bonchev–Trinajstić information content (AvgIpc) is 3.03. The van der Waals surface area contributed by atoms with Gasteiger partial charge < -0.3 is 10.2 Å². The van der Waals surface area contributed by atoms with Crippen molar-refractivity contribution in [2.24, 2.45) is 0 Å². The summed E-state index contributed by atoms with van der Waals surface area (Å²) < 4.78 is 14.7. The summed E-state index contributed by atoms with van der Waals surface area (Å²) in [5, 5.41) is 3.49. The highest BCUT2D eigenvalue weighted by Crippen LogP contribution is 2.27. The molecule has 1 N–H and O–H groups in total. The molecule has 3 nitrogen and oxygen atoms in total. The van der Waals surface area contributed by atoms with Crippen molar-refractivity contribution < 1.29 is 9.18 Å². The molecule has 1 aromatic rings. The molecular formula is C16H20BrFN2O. The fraction of sp³-hybridized carbons (Fsp3) is 0.562. The molecule has 0 spiro atoms. The van der Waals surface area contributed by atoms with E-state index in [0.717, 1.165) is 49.7 Å². The van der Waals surface area contributed by atoms with Crippen molar-refractivity contribution in [1.82, 2.24) is 10.2 Å². The van der Waals surface area contributed by atoms with Crippen molar-refractivity contribution in [1.29, 1.82) is 0 Å². The molecule has 2 saturated heterocycles. The summed E-state index contributed by atoms with van der Waals surface area (Å²) in [5.74, 6) is -0.612. The highest BCUT2D eigenvalue weighted by Gasteiger charge is 2.35. The van der Waals surface area contributed by atoms with Gasteiger partial charge in [0, 0.05) is 23.1 Å². The van der Waals surface area contributed by atoms with Crippen LogP contribution in [0.25, 0.3) is 0 Å². The van der Waals surface area contributed by atoms with Gasteiger partial charge in [0.15, 0.2) is 0 Å². The van der Waals surface area contributed by atoms with Gasteiger partial charge in [-0.3, -0.25) is 4.79 Å². The highest BCUT2D eigenvalue weighted by molar-refractivity contribution is 9.10. The number of carbonyl (C=O) groups is 1. The third kappa shape index (κ3) is 3.14. The Morgan fingerprint density at radius 1 is 1.29 bits per heavy atom. The molecule has 0 radical (unpaired) electrons. The predicted molar refractivity (Wildman–Crippen MR) is 83.8 cm³/mol. The van der Waals surface area contributed by atoms with Crippen LogP contribution in [0.15, 0.2) is 22.7 Å². The molecule has 2 unspecified atom stereocenters. The van der Waals surface area contributed by atoms with E-state index in [1.165, 1.54) is 6.07 Å². The van der Waals surface area contributed by atoms with Gasteiger partial charge in [-0.05, 0) is 56.8 Å². The van der Waals surface area contributed by atoms with E-state index in [0.29, 0.717) is 6.04 Å². The van der Waals surface area contributed by atoms with E-state index >= 15 is 0 Å². The summed E-state index contributed by atoms with van der Waals surface area (Å²) in [4.78, 5) is 14.7. The molecule has 0 aliphatic carbocycles. The second-order valence-electron chi connectivity index (χ2n) is 5.89. The number of hydrogen-bond acceptors (Lipinski definition) is 2. The standard InChI is InChI=1S/C16H20BrFN2O/c17-11-6-7-13(18)12(10-11)16(21)20-9-2-1-5-15(20)14-4-3-8-19-14/h6-7,10,14-15,19H,1-5,8-9H2. The first kappa shape index (κ1) is 15.0. The van der Waals surface area contributed by atoms with Crippen LogP contribution in [0.3, 0.4) is 0 Å². The number of carbonyl (C=O) groups excluding carboxylic acids is 1. The molecule has 2 aliphatic heterocycles. The molecule has 5 heteroatoms. The van der Waals surface area contributed by atoms with Crippen molar-refractivity contribution >= 4 is 21.8 Å². The number of benzene rings is 1. The number of likely N-dealkylation sites (tertiary alicyclic amines) is 1. The second-order valence-corrected chi connectivity index (χ2v) is 6.80. The van der Waals surface area contributed by atoms with E-state index in [9.17, 15) is 9.18 Å². The van der Waals surface area contributed by atoms with Gasteiger partial charge in [0.05, 0.1) is 5.56 Å². The minimum Gasteiger partial charge on any atom is -0.334 e. The Morgan fingerprint density at radius 2 is 2.14 bits per heavy atom. The van der Waals surface area contributed by atoms with Gasteiger partial charge in [-0.1, -0.05) is 15.9 Å². The smallest absolute Gasteiger partial charge is 0.257 e. The summed E-state index contributed by atoms with van der Waals surface area (Å²) in [6.07, 6.45) is 5.43. The lowest BCUT2D eigenvalue weighted by Gasteiger charge is -2.39. The van der Waals surface area contributed by atoms with Crippen LogP contribution in [0.2, 0.25) is 0 Å². The first-order valence-corrected chi connectivity index (χ1v) is 8.45. The molecule has 2 heterocycles. The third-order valence-corrected chi connectivity index (χ3v) is 5.03. The lowest BCUT2D eigenvalue weighted by atomic mass is 9.93. The van der Waals surface area contributed by atoms with E-state index in [1.807, 2.05) is 4.90 Å². The maximum atomic E-state index is 14.0. The number of rotatable bonds is 2. The molecule has 0 saturated carbocycles. The maximum absolute atomic E-state index is 14.0. The SMILES string of the molecule is O=C(c1cc(Br)ccc1F)N1CCCCC1C1CCCN1. The minimum absolute atomic E-state index is 0.174. The Hall–Kier alpha value is -0.940. The van der Waals surface area contributed by atoms with Crippen LogP contribution in [0.1, 0.15) is 42.5 Å². The van der Waals surface area contributed by atoms with Crippen molar-refractivity contribution in [3.8, 4) is 0 Å². The van der Waals surface area contributed by atoms with Crippen LogP contribution < -0.4 is 5.32 Å². The number of hydrogen-bond donors (Lipinski definition) is 1. The zero-order valence-corrected chi connectivity index (χ0v) is 13.5. The Morgan fingerprint density at radius 3 is 2.90 bits per heavy atom. The first-order valence-electron chi connectivity index (χ1n) is 7.66. The number of nitrogens with one attached hydrogen (secondary N) is 1. The molecule has 3 rings (SSSR count). The van der Waals surface area contributed by atoms with Crippen LogP contribution in [0.4, 0.5) is 4.39 Å². The van der Waals surface area contributed by atoms with Crippen molar-refractivity contribution in [3.63, 3.8) is 0 Å². The topological polar surface area (TPSA) is 32.3 Å². The third-order valence-electron chi connectivity index (χ3n) is 4.53. The van der Waals surface area contributed by atoms with E-state index in [-0.39, 0.29) is 17.5 Å². The van der Waals surface area contributed by atoms with Crippen LogP contribution in [0.5, 0.6) is 0 Å². The van der Waals surface area contributed by atoms with Gasteiger partial charge in [0.1, 0.15) is 5.82 Å². The summed E-state index contributed by atoms with van der Waals surface area (Å²) in [7, 11) is 0. The van der Waals surface area contributed by atoms with Gasteiger partial charge in [-0.15, -0.1) is 0 Å². The minimum atomic E-state index is -0.438. The lowest BCUT2D eigenvalue weighted by molar-refractivity contribution is 0.0559. The molecule has 2 aliphatic rings. The monoisotopic (exact) mass is 354 g/mol. The fourth-order valence-corrected chi connectivity index (χ4v) is 3.84. The maximum Gasteiger partial charge on any atom is 0.257 e. The summed E-state index contributed by atoms with van der Waals surface area (Å²) in [5.41, 5.74) is 0.175. The summed E-state index contributed by atoms with van der Waals surface area (Å²) >= 11 is 3.32. The number of halogens is 2. The molecule has 1 amide bonds. The first-order chi connectivity index (χ1) is 10.2. The Balaban J connectivity index is 1.85. The van der Waals surface area contributed by atoms with Crippen LogP contribution >= 0.6 is 15.9 Å². The lowest BCUT2D eigenvalue weighted by Crippen LogP contribution is -2.52. The molecule has 1 aromatic carbocycles. The molecule has 2 atom stereocenters. The zero-order valence-electron chi connectivity index (χ0n) is 11.9. The molecule has 114 valence electrons. The number of nitrogens with zero attached hydrogens (tertiary/aromatic N) is 1. The Bertz CT molecular complexity index is 531. The van der Waals surface area contributed by atoms with E-state index in [4.69, 9.17) is 0 Å². The van der Waals surface area contributed by atoms with Crippen LogP contribution in [-0.2, 0) is 0 Å². The molecular weight excluding hydrogens is 335 g/mol. The van der Waals surface area contributed by atoms with Crippen LogP contribution in [0, 0.1) is 5.82 Å². The zero-order chi connectivity index (χ0) is 14.8. The molecule has 2 fully saturated rings. The van der Waals surface area contributed by atoms with Gasteiger partial charge in [0.2, 0.25) is 0 Å². The molecule has 21 heavy (non-hydrogen) atoms. The van der Waals surface area contributed by atoms with Crippen molar-refractivity contribution in [2.75, 3.05) is 13.1 Å². The van der Waals surface area contributed by atoms with E-state index < -0.39 is 5.82 Å².